The summed E-state index contributed by atoms with van der Waals surface area (Å²) in [6, 6.07) is 0.901. The van der Waals surface area contributed by atoms with Gasteiger partial charge in [0, 0.05) is 19.1 Å². The van der Waals surface area contributed by atoms with Gasteiger partial charge < -0.3 is 20.1 Å². The van der Waals surface area contributed by atoms with E-state index in [1.54, 1.807) is 0 Å². The van der Waals surface area contributed by atoms with Crippen molar-refractivity contribution in [3.63, 3.8) is 0 Å². The quantitative estimate of drug-likeness (QED) is 0.820. The fourth-order valence-electron chi connectivity index (χ4n) is 3.07. The zero-order valence-corrected chi connectivity index (χ0v) is 13.1. The molecule has 1 saturated carbocycles. The van der Waals surface area contributed by atoms with Gasteiger partial charge >= 0.3 is 0 Å². The van der Waals surface area contributed by atoms with Crippen LogP contribution >= 0.6 is 0 Å². The molecule has 0 saturated heterocycles. The van der Waals surface area contributed by atoms with Crippen LogP contribution in [0.25, 0.3) is 0 Å². The summed E-state index contributed by atoms with van der Waals surface area (Å²) in [5.41, 5.74) is 7.38. The van der Waals surface area contributed by atoms with Crippen LogP contribution in [0.2, 0.25) is 0 Å². The average Bonchev–Trinajstić information content (AvgIpc) is 3.12. The fourth-order valence-corrected chi connectivity index (χ4v) is 3.07. The van der Waals surface area contributed by atoms with Crippen LogP contribution in [-0.4, -0.2) is 58.0 Å². The largest absolute Gasteiger partial charge is 0.370 e. The van der Waals surface area contributed by atoms with E-state index in [2.05, 4.69) is 38.2 Å². The topological polar surface area (TPSA) is 62.7 Å². The Hall–Kier alpha value is -1.56. The molecule has 1 aliphatic carbocycles. The van der Waals surface area contributed by atoms with E-state index in [1.807, 2.05) is 12.5 Å². The number of hydrogen-bond acceptors (Lipinski definition) is 5. The third-order valence-electron chi connectivity index (χ3n) is 4.63. The van der Waals surface area contributed by atoms with Crippen LogP contribution in [0.5, 0.6) is 0 Å². The Morgan fingerprint density at radius 1 is 1.33 bits per heavy atom. The van der Waals surface area contributed by atoms with Gasteiger partial charge in [0.25, 0.3) is 0 Å². The van der Waals surface area contributed by atoms with Crippen molar-refractivity contribution in [1.82, 2.24) is 19.4 Å². The summed E-state index contributed by atoms with van der Waals surface area (Å²) in [5, 5.41) is 0. The van der Waals surface area contributed by atoms with Gasteiger partial charge in [-0.05, 0) is 25.9 Å². The van der Waals surface area contributed by atoms with Crippen LogP contribution in [0.4, 0.5) is 0 Å². The maximum absolute atomic E-state index is 6.11. The second-order valence-electron chi connectivity index (χ2n) is 5.89. The molecular weight excluding hydrogens is 264 g/mol. The molecule has 1 fully saturated rings. The molecule has 2 aliphatic rings. The van der Waals surface area contributed by atoms with Crippen molar-refractivity contribution in [2.24, 2.45) is 10.7 Å². The molecule has 0 aromatic carbocycles. The second-order valence-corrected chi connectivity index (χ2v) is 5.89. The van der Waals surface area contributed by atoms with E-state index in [-0.39, 0.29) is 6.04 Å². The SMILES string of the molecule is CCN(CC)CCN1C(N)=NCC1c1cncn1C1CC1. The Labute approximate surface area is 126 Å². The van der Waals surface area contributed by atoms with Gasteiger partial charge in [0.05, 0.1) is 30.8 Å². The molecule has 6 heteroatoms. The van der Waals surface area contributed by atoms with E-state index in [4.69, 9.17) is 5.73 Å². The molecule has 0 spiro atoms. The molecule has 2 N–H and O–H groups in total. The van der Waals surface area contributed by atoms with E-state index in [9.17, 15) is 0 Å². The molecular formula is C15H26N6. The molecule has 1 atom stereocenters. The minimum absolute atomic E-state index is 0.253. The lowest BCUT2D eigenvalue weighted by molar-refractivity contribution is 0.245. The van der Waals surface area contributed by atoms with Crippen LogP contribution in [0, 0.1) is 0 Å². The van der Waals surface area contributed by atoms with E-state index >= 15 is 0 Å². The first-order chi connectivity index (χ1) is 10.2. The van der Waals surface area contributed by atoms with Crippen LogP contribution < -0.4 is 5.73 Å². The average molecular weight is 290 g/mol. The van der Waals surface area contributed by atoms with Crippen molar-refractivity contribution in [3.05, 3.63) is 18.2 Å². The molecule has 1 aromatic heterocycles. The van der Waals surface area contributed by atoms with E-state index in [1.165, 1.54) is 18.5 Å². The molecule has 0 radical (unpaired) electrons. The summed E-state index contributed by atoms with van der Waals surface area (Å²) in [6.45, 7) is 9.25. The zero-order chi connectivity index (χ0) is 14.8. The lowest BCUT2D eigenvalue weighted by Crippen LogP contribution is -2.42. The molecule has 3 rings (SSSR count). The van der Waals surface area contributed by atoms with Crippen LogP contribution in [-0.2, 0) is 0 Å². The van der Waals surface area contributed by atoms with Crippen molar-refractivity contribution in [2.45, 2.75) is 38.8 Å². The number of likely N-dealkylation sites (N-methyl/N-ethyl adjacent to an activating group) is 1. The predicted octanol–water partition coefficient (Wildman–Crippen LogP) is 1.23. The first kappa shape index (κ1) is 14.4. The number of rotatable bonds is 7. The predicted molar refractivity (Wildman–Crippen MR) is 84.2 cm³/mol. The number of nitrogens with two attached hydrogens (primary N) is 1. The molecule has 0 amide bonds. The maximum Gasteiger partial charge on any atom is 0.192 e. The third-order valence-corrected chi connectivity index (χ3v) is 4.63. The summed E-state index contributed by atoms with van der Waals surface area (Å²) in [6.07, 6.45) is 6.49. The summed E-state index contributed by atoms with van der Waals surface area (Å²) in [7, 11) is 0. The number of guanidine groups is 1. The van der Waals surface area contributed by atoms with Gasteiger partial charge in [-0.3, -0.25) is 4.99 Å². The number of hydrogen-bond donors (Lipinski definition) is 1. The maximum atomic E-state index is 6.11. The Kier molecular flexibility index (Phi) is 4.14. The highest BCUT2D eigenvalue weighted by atomic mass is 15.3. The van der Waals surface area contributed by atoms with Crippen LogP contribution in [0.3, 0.4) is 0 Å². The van der Waals surface area contributed by atoms with Crippen molar-refractivity contribution < 1.29 is 0 Å². The lowest BCUT2D eigenvalue weighted by Gasteiger charge is -2.29. The zero-order valence-electron chi connectivity index (χ0n) is 13.1. The van der Waals surface area contributed by atoms with Gasteiger partial charge in [0.2, 0.25) is 0 Å². The lowest BCUT2D eigenvalue weighted by atomic mass is 10.2. The Morgan fingerprint density at radius 2 is 2.10 bits per heavy atom. The highest BCUT2D eigenvalue weighted by molar-refractivity contribution is 5.80. The van der Waals surface area contributed by atoms with Crippen LogP contribution in [0.15, 0.2) is 17.5 Å². The molecule has 21 heavy (non-hydrogen) atoms. The minimum Gasteiger partial charge on any atom is -0.370 e. The molecule has 116 valence electrons. The smallest absolute Gasteiger partial charge is 0.192 e. The van der Waals surface area contributed by atoms with Crippen molar-refractivity contribution in [1.29, 1.82) is 0 Å². The summed E-state index contributed by atoms with van der Waals surface area (Å²) < 4.78 is 2.32. The minimum atomic E-state index is 0.253. The normalized spacial score (nSPS) is 22.1. The van der Waals surface area contributed by atoms with E-state index < -0.39 is 0 Å². The highest BCUT2D eigenvalue weighted by Gasteiger charge is 2.33. The second kappa shape index (κ2) is 6.05. The van der Waals surface area contributed by atoms with Crippen molar-refractivity contribution in [3.8, 4) is 0 Å². The molecule has 0 bridgehead atoms. The molecule has 6 nitrogen and oxygen atoms in total. The number of imidazole rings is 1. The standard InChI is InChI=1S/C15H26N6/c1-3-19(4-2)7-8-20-14(10-18-15(20)16)13-9-17-11-21(13)12-5-6-12/h9,11-12,14H,3-8,10H2,1-2H3,(H2,16,18). The first-order valence-corrected chi connectivity index (χ1v) is 8.05. The van der Waals surface area contributed by atoms with Gasteiger partial charge in [-0.2, -0.15) is 0 Å². The number of aromatic nitrogens is 2. The van der Waals surface area contributed by atoms with Crippen molar-refractivity contribution >= 4 is 5.96 Å². The molecule has 1 unspecified atom stereocenters. The number of aliphatic imine (C=N–C) groups is 1. The molecule has 2 heterocycles. The van der Waals surface area contributed by atoms with Gasteiger partial charge in [0.1, 0.15) is 0 Å². The van der Waals surface area contributed by atoms with E-state index in [0.29, 0.717) is 12.0 Å². The van der Waals surface area contributed by atoms with Gasteiger partial charge in [0.15, 0.2) is 5.96 Å². The van der Waals surface area contributed by atoms with Crippen LogP contribution in [0.1, 0.15) is 44.5 Å². The first-order valence-electron chi connectivity index (χ1n) is 8.05. The van der Waals surface area contributed by atoms with Gasteiger partial charge in [-0.15, -0.1) is 0 Å². The van der Waals surface area contributed by atoms with Gasteiger partial charge in [-0.1, -0.05) is 13.8 Å². The number of nitrogens with zero attached hydrogens (tertiary/aromatic N) is 5. The summed E-state index contributed by atoms with van der Waals surface area (Å²) in [5.74, 6) is 0.677. The summed E-state index contributed by atoms with van der Waals surface area (Å²) in [4.78, 5) is 13.5. The monoisotopic (exact) mass is 290 g/mol. The van der Waals surface area contributed by atoms with E-state index in [0.717, 1.165) is 32.7 Å². The van der Waals surface area contributed by atoms with Crippen molar-refractivity contribution in [2.75, 3.05) is 32.7 Å². The van der Waals surface area contributed by atoms with Gasteiger partial charge in [-0.25, -0.2) is 4.98 Å². The Morgan fingerprint density at radius 3 is 2.76 bits per heavy atom. The Bertz CT molecular complexity index is 500. The molecule has 1 aliphatic heterocycles. The highest BCUT2D eigenvalue weighted by Crippen LogP contribution is 2.38. The Balaban J connectivity index is 1.71. The molecule has 1 aromatic rings. The summed E-state index contributed by atoms with van der Waals surface area (Å²) >= 11 is 0. The third kappa shape index (κ3) is 2.90. The fraction of sp³-hybridized carbons (Fsp3) is 0.733.